The van der Waals surface area contributed by atoms with Crippen LogP contribution in [0, 0.1) is 5.92 Å². The Morgan fingerprint density at radius 2 is 1.85 bits per heavy atom. The number of benzene rings is 1. The summed E-state index contributed by atoms with van der Waals surface area (Å²) in [6.07, 6.45) is 1.28. The first-order valence-corrected chi connectivity index (χ1v) is 13.2. The van der Waals surface area contributed by atoms with E-state index in [-0.39, 0.29) is 27.4 Å². The maximum atomic E-state index is 13.5. The van der Waals surface area contributed by atoms with Crippen LogP contribution in [0.4, 0.5) is 5.82 Å². The summed E-state index contributed by atoms with van der Waals surface area (Å²) < 4.78 is 29.3. The van der Waals surface area contributed by atoms with E-state index in [1.807, 2.05) is 23.6 Å². The summed E-state index contributed by atoms with van der Waals surface area (Å²) in [6.45, 7) is 5.34. The van der Waals surface area contributed by atoms with Gasteiger partial charge in [0.1, 0.15) is 0 Å². The van der Waals surface area contributed by atoms with Gasteiger partial charge in [0.25, 0.3) is 0 Å². The van der Waals surface area contributed by atoms with Gasteiger partial charge in [0.15, 0.2) is 11.5 Å². The first kappa shape index (κ1) is 21.8. The number of piperidine rings is 1. The average Bonchev–Trinajstić information content (AvgIpc) is 3.46. The first-order valence-electron chi connectivity index (χ1n) is 10.8. The lowest BCUT2D eigenvalue weighted by atomic mass is 9.96. The van der Waals surface area contributed by atoms with E-state index in [2.05, 4.69) is 29.1 Å². The number of carbonyl (C=O) groups excluding carboxylic acids is 1. The Balaban J connectivity index is 1.60. The van der Waals surface area contributed by atoms with Gasteiger partial charge in [-0.05, 0) is 47.9 Å². The standard InChI is InChI=1S/C22H24N6O3S2/c1-13(2)14-3-5-16(6-4-14)33(30,31)22-21-24-20(27-10-7-15(8-11-27)19(23)29)18-17(9-12-32-18)28(21)26-25-22/h3-6,9,12-13,15H,7-8,10-11H2,1-2H3,(H2,23,29). The fourth-order valence-electron chi connectivity index (χ4n) is 4.22. The number of primary amides is 1. The number of sulfone groups is 1. The monoisotopic (exact) mass is 484 g/mol. The molecule has 0 radical (unpaired) electrons. The lowest BCUT2D eigenvalue weighted by Crippen LogP contribution is -2.39. The van der Waals surface area contributed by atoms with Gasteiger partial charge < -0.3 is 10.6 Å². The molecule has 0 aliphatic carbocycles. The molecule has 4 aromatic rings. The van der Waals surface area contributed by atoms with Crippen LogP contribution in [0.2, 0.25) is 0 Å². The molecule has 0 unspecified atom stereocenters. The molecule has 1 saturated heterocycles. The summed E-state index contributed by atoms with van der Waals surface area (Å²) >= 11 is 1.51. The molecular formula is C22H24N6O3S2. The van der Waals surface area contributed by atoms with Gasteiger partial charge in [0.2, 0.25) is 20.8 Å². The summed E-state index contributed by atoms with van der Waals surface area (Å²) in [6, 6.07) is 8.74. The second-order valence-corrected chi connectivity index (χ2v) is 11.4. The van der Waals surface area contributed by atoms with Crippen molar-refractivity contribution in [1.29, 1.82) is 0 Å². The normalized spacial score (nSPS) is 15.7. The maximum absolute atomic E-state index is 13.5. The second-order valence-electron chi connectivity index (χ2n) is 8.59. The summed E-state index contributed by atoms with van der Waals surface area (Å²) in [4.78, 5) is 18.5. The molecule has 1 aliphatic heterocycles. The first-order chi connectivity index (χ1) is 15.8. The van der Waals surface area contributed by atoms with E-state index in [0.29, 0.717) is 37.7 Å². The minimum atomic E-state index is -3.92. The zero-order valence-corrected chi connectivity index (χ0v) is 19.9. The predicted molar refractivity (Wildman–Crippen MR) is 126 cm³/mol. The number of hydrogen-bond acceptors (Lipinski definition) is 8. The van der Waals surface area contributed by atoms with Gasteiger partial charge in [0, 0.05) is 19.0 Å². The van der Waals surface area contributed by atoms with Crippen LogP contribution in [-0.4, -0.2) is 47.2 Å². The van der Waals surface area contributed by atoms with Crippen LogP contribution in [0.3, 0.4) is 0 Å². The van der Waals surface area contributed by atoms with Crippen LogP contribution in [-0.2, 0) is 14.6 Å². The smallest absolute Gasteiger partial charge is 0.229 e. The highest BCUT2D eigenvalue weighted by Gasteiger charge is 2.30. The van der Waals surface area contributed by atoms with Crippen LogP contribution in [0.25, 0.3) is 15.9 Å². The molecule has 33 heavy (non-hydrogen) atoms. The van der Waals surface area contributed by atoms with E-state index in [9.17, 15) is 13.2 Å². The molecular weight excluding hydrogens is 460 g/mol. The van der Waals surface area contributed by atoms with Gasteiger partial charge in [-0.15, -0.1) is 16.4 Å². The van der Waals surface area contributed by atoms with Crippen LogP contribution >= 0.6 is 11.3 Å². The number of nitrogens with zero attached hydrogens (tertiary/aromatic N) is 5. The fourth-order valence-corrected chi connectivity index (χ4v) is 6.34. The van der Waals surface area contributed by atoms with Crippen molar-refractivity contribution in [2.75, 3.05) is 18.0 Å². The quantitative estimate of drug-likeness (QED) is 0.462. The average molecular weight is 485 g/mol. The zero-order valence-electron chi connectivity index (χ0n) is 18.3. The number of hydrogen-bond donors (Lipinski definition) is 1. The van der Waals surface area contributed by atoms with E-state index < -0.39 is 9.84 Å². The Hall–Kier alpha value is -3.05. The van der Waals surface area contributed by atoms with Crippen molar-refractivity contribution in [2.45, 2.75) is 42.5 Å². The van der Waals surface area contributed by atoms with E-state index in [0.717, 1.165) is 15.8 Å². The fraction of sp³-hybridized carbons (Fsp3) is 0.364. The number of carbonyl (C=O) groups is 1. The van der Waals surface area contributed by atoms with Gasteiger partial charge in [-0.2, -0.15) is 4.52 Å². The lowest BCUT2D eigenvalue weighted by molar-refractivity contribution is -0.122. The van der Waals surface area contributed by atoms with Crippen molar-refractivity contribution in [1.82, 2.24) is 19.8 Å². The number of fused-ring (bicyclic) bond motifs is 3. The summed E-state index contributed by atoms with van der Waals surface area (Å²) in [5.74, 6) is 0.553. The number of anilines is 1. The van der Waals surface area contributed by atoms with E-state index >= 15 is 0 Å². The molecule has 0 bridgehead atoms. The molecule has 4 heterocycles. The van der Waals surface area contributed by atoms with Crippen LogP contribution in [0.1, 0.15) is 38.2 Å². The Morgan fingerprint density at radius 1 is 1.15 bits per heavy atom. The molecule has 9 nitrogen and oxygen atoms in total. The van der Waals surface area contributed by atoms with Crippen molar-refractivity contribution in [3.63, 3.8) is 0 Å². The number of amides is 1. The van der Waals surface area contributed by atoms with Crippen molar-refractivity contribution >= 4 is 48.8 Å². The number of aromatic nitrogens is 4. The molecule has 0 atom stereocenters. The lowest BCUT2D eigenvalue weighted by Gasteiger charge is -2.31. The third-order valence-corrected chi connectivity index (χ3v) is 8.78. The molecule has 0 spiro atoms. The van der Waals surface area contributed by atoms with Crippen LogP contribution in [0.5, 0.6) is 0 Å². The van der Waals surface area contributed by atoms with E-state index in [4.69, 9.17) is 10.7 Å². The molecule has 1 aliphatic rings. The van der Waals surface area contributed by atoms with Crippen LogP contribution in [0.15, 0.2) is 45.6 Å². The number of thiophene rings is 1. The van der Waals surface area contributed by atoms with E-state index in [1.54, 1.807) is 12.1 Å². The molecule has 1 aromatic carbocycles. The third-order valence-electron chi connectivity index (χ3n) is 6.21. The molecule has 1 amide bonds. The highest BCUT2D eigenvalue weighted by molar-refractivity contribution is 7.91. The molecule has 0 saturated carbocycles. The largest absolute Gasteiger partial charge is 0.369 e. The number of nitrogens with two attached hydrogens (primary N) is 1. The molecule has 3 aromatic heterocycles. The van der Waals surface area contributed by atoms with Gasteiger partial charge in [-0.1, -0.05) is 31.2 Å². The van der Waals surface area contributed by atoms with E-state index in [1.165, 1.54) is 15.9 Å². The second kappa shape index (κ2) is 8.07. The van der Waals surface area contributed by atoms with Crippen molar-refractivity contribution < 1.29 is 13.2 Å². The highest BCUT2D eigenvalue weighted by atomic mass is 32.2. The van der Waals surface area contributed by atoms with Gasteiger partial charge in [-0.3, -0.25) is 4.79 Å². The molecule has 172 valence electrons. The summed E-state index contributed by atoms with van der Waals surface area (Å²) in [5.41, 5.74) is 7.48. The van der Waals surface area contributed by atoms with Gasteiger partial charge in [-0.25, -0.2) is 13.4 Å². The Labute approximate surface area is 195 Å². The molecule has 1 fully saturated rings. The Bertz CT molecular complexity index is 1450. The van der Waals surface area contributed by atoms with Crippen molar-refractivity contribution in [3.05, 3.63) is 41.3 Å². The molecule has 5 rings (SSSR count). The Kier molecular flexibility index (Phi) is 5.32. The topological polar surface area (TPSA) is 124 Å². The third kappa shape index (κ3) is 3.65. The minimum Gasteiger partial charge on any atom is -0.369 e. The SMILES string of the molecule is CC(C)c1ccc(S(=O)(=O)c2nnn3c2nc(N2CCC(C(N)=O)CC2)c2sccc23)cc1. The number of rotatable bonds is 5. The van der Waals surface area contributed by atoms with Gasteiger partial charge >= 0.3 is 0 Å². The van der Waals surface area contributed by atoms with Crippen LogP contribution < -0.4 is 10.6 Å². The van der Waals surface area contributed by atoms with Crippen molar-refractivity contribution in [3.8, 4) is 0 Å². The summed E-state index contributed by atoms with van der Waals surface area (Å²) in [7, 11) is -3.92. The maximum Gasteiger partial charge on any atom is 0.229 e. The highest BCUT2D eigenvalue weighted by Crippen LogP contribution is 2.35. The Morgan fingerprint density at radius 3 is 2.48 bits per heavy atom. The minimum absolute atomic E-state index is 0.148. The zero-order chi connectivity index (χ0) is 23.3. The molecule has 2 N–H and O–H groups in total. The van der Waals surface area contributed by atoms with Gasteiger partial charge in [0.05, 0.1) is 15.1 Å². The summed E-state index contributed by atoms with van der Waals surface area (Å²) in [5, 5.41) is 9.93. The molecule has 11 heteroatoms. The predicted octanol–water partition coefficient (Wildman–Crippen LogP) is 3.00. The van der Waals surface area contributed by atoms with Crippen molar-refractivity contribution in [2.24, 2.45) is 11.7 Å².